The predicted molar refractivity (Wildman–Crippen MR) is 111 cm³/mol. The number of fused-ring (bicyclic) bond motifs is 2. The maximum Gasteiger partial charge on any atom is 0.332 e. The zero-order chi connectivity index (χ0) is 20.9. The van der Waals surface area contributed by atoms with Crippen LogP contribution in [0.4, 0.5) is 0 Å². The molecule has 29 heavy (non-hydrogen) atoms. The van der Waals surface area contributed by atoms with Crippen molar-refractivity contribution in [3.8, 4) is 0 Å². The second-order valence-electron chi connectivity index (χ2n) is 8.31. The Labute approximate surface area is 168 Å². The predicted octanol–water partition coefficient (Wildman–Crippen LogP) is 2.17. The maximum absolute atomic E-state index is 12.9. The summed E-state index contributed by atoms with van der Waals surface area (Å²) in [5, 5.41) is 3.38. The van der Waals surface area contributed by atoms with Crippen molar-refractivity contribution in [3.63, 3.8) is 0 Å². The highest BCUT2D eigenvalue weighted by atomic mass is 16.2. The summed E-state index contributed by atoms with van der Waals surface area (Å²) in [4.78, 5) is 41.7. The van der Waals surface area contributed by atoms with Gasteiger partial charge in [0, 0.05) is 14.1 Å². The van der Waals surface area contributed by atoms with Crippen molar-refractivity contribution >= 4 is 16.9 Å². The van der Waals surface area contributed by atoms with Crippen molar-refractivity contribution in [2.24, 2.45) is 14.1 Å². The van der Waals surface area contributed by atoms with Crippen LogP contribution in [-0.4, -0.2) is 20.0 Å². The fourth-order valence-corrected chi connectivity index (χ4v) is 4.18. The highest BCUT2D eigenvalue weighted by molar-refractivity contribution is 5.94. The van der Waals surface area contributed by atoms with Gasteiger partial charge >= 0.3 is 5.69 Å². The molecule has 4 rings (SSSR count). The molecule has 1 unspecified atom stereocenters. The number of pyridine rings is 1. The number of amides is 1. The van der Waals surface area contributed by atoms with E-state index in [0.717, 1.165) is 23.0 Å². The van der Waals surface area contributed by atoms with Gasteiger partial charge in [-0.15, -0.1) is 0 Å². The molecule has 1 N–H and O–H groups in total. The van der Waals surface area contributed by atoms with E-state index >= 15 is 0 Å². The molecule has 1 atom stereocenters. The van der Waals surface area contributed by atoms with Gasteiger partial charge < -0.3 is 5.32 Å². The van der Waals surface area contributed by atoms with Crippen LogP contribution in [0.1, 0.15) is 54.3 Å². The van der Waals surface area contributed by atoms with E-state index in [-0.39, 0.29) is 28.7 Å². The molecule has 1 aliphatic rings. The highest BCUT2D eigenvalue weighted by Crippen LogP contribution is 2.41. The van der Waals surface area contributed by atoms with Crippen LogP contribution in [0.2, 0.25) is 0 Å². The molecule has 0 fully saturated rings. The van der Waals surface area contributed by atoms with Gasteiger partial charge in [-0.3, -0.25) is 18.7 Å². The number of rotatable bonds is 2. The SMILES string of the molecule is Cn1c(=O)c2ccc(C(=O)NC3CCC(C)(C)c4ccccc43)nc2n(C)c1=O. The lowest BCUT2D eigenvalue weighted by Gasteiger charge is -2.37. The summed E-state index contributed by atoms with van der Waals surface area (Å²) < 4.78 is 2.32. The van der Waals surface area contributed by atoms with Gasteiger partial charge in [0.2, 0.25) is 0 Å². The molecule has 1 aliphatic carbocycles. The number of benzene rings is 1. The van der Waals surface area contributed by atoms with Crippen LogP contribution in [-0.2, 0) is 19.5 Å². The fourth-order valence-electron chi connectivity index (χ4n) is 4.18. The van der Waals surface area contributed by atoms with Crippen molar-refractivity contribution in [1.82, 2.24) is 19.4 Å². The third kappa shape index (κ3) is 3.06. The average Bonchev–Trinajstić information content (AvgIpc) is 2.72. The van der Waals surface area contributed by atoms with Crippen LogP contribution in [0.15, 0.2) is 46.0 Å². The van der Waals surface area contributed by atoms with Crippen molar-refractivity contribution in [2.75, 3.05) is 0 Å². The number of carbonyl (C=O) groups is 1. The Hall–Kier alpha value is -3.22. The molecular formula is C22H24N4O3. The molecule has 2 heterocycles. The Morgan fingerprint density at radius 2 is 1.83 bits per heavy atom. The normalized spacial score (nSPS) is 17.7. The summed E-state index contributed by atoms with van der Waals surface area (Å²) in [6.45, 7) is 4.44. The summed E-state index contributed by atoms with van der Waals surface area (Å²) in [6, 6.07) is 11.2. The molecule has 2 aromatic heterocycles. The van der Waals surface area contributed by atoms with E-state index in [1.54, 1.807) is 6.07 Å². The molecule has 0 saturated carbocycles. The lowest BCUT2D eigenvalue weighted by molar-refractivity contribution is 0.0924. The van der Waals surface area contributed by atoms with Crippen LogP contribution < -0.4 is 16.6 Å². The van der Waals surface area contributed by atoms with E-state index in [0.29, 0.717) is 5.39 Å². The number of nitrogens with zero attached hydrogens (tertiary/aromatic N) is 3. The van der Waals surface area contributed by atoms with Gasteiger partial charge in [0.25, 0.3) is 11.5 Å². The van der Waals surface area contributed by atoms with Crippen molar-refractivity contribution in [3.05, 3.63) is 74.1 Å². The maximum atomic E-state index is 12.9. The quantitative estimate of drug-likeness (QED) is 0.724. The second kappa shape index (κ2) is 6.69. The third-order valence-corrected chi connectivity index (χ3v) is 5.96. The van der Waals surface area contributed by atoms with Gasteiger partial charge in [-0.1, -0.05) is 38.1 Å². The number of hydrogen-bond acceptors (Lipinski definition) is 4. The summed E-state index contributed by atoms with van der Waals surface area (Å²) >= 11 is 0. The highest BCUT2D eigenvalue weighted by Gasteiger charge is 2.33. The molecule has 3 aromatic rings. The zero-order valence-corrected chi connectivity index (χ0v) is 17.0. The molecule has 7 heteroatoms. The van der Waals surface area contributed by atoms with Crippen LogP contribution in [0.5, 0.6) is 0 Å². The van der Waals surface area contributed by atoms with E-state index in [1.165, 1.54) is 30.3 Å². The minimum Gasteiger partial charge on any atom is -0.344 e. The Bertz CT molecular complexity index is 1250. The lowest BCUT2D eigenvalue weighted by atomic mass is 9.71. The number of aryl methyl sites for hydroxylation is 1. The number of nitrogens with one attached hydrogen (secondary N) is 1. The van der Waals surface area contributed by atoms with Crippen molar-refractivity contribution in [2.45, 2.75) is 38.1 Å². The average molecular weight is 392 g/mol. The van der Waals surface area contributed by atoms with Gasteiger partial charge in [-0.05, 0) is 41.5 Å². The fraction of sp³-hybridized carbons (Fsp3) is 0.364. The molecule has 1 aromatic carbocycles. The van der Waals surface area contributed by atoms with E-state index in [4.69, 9.17) is 0 Å². The van der Waals surface area contributed by atoms with Gasteiger partial charge in [0.15, 0.2) is 0 Å². The van der Waals surface area contributed by atoms with E-state index in [2.05, 4.69) is 36.3 Å². The van der Waals surface area contributed by atoms with E-state index < -0.39 is 11.2 Å². The Morgan fingerprint density at radius 3 is 2.59 bits per heavy atom. The molecule has 1 amide bonds. The first-order valence-electron chi connectivity index (χ1n) is 9.68. The van der Waals surface area contributed by atoms with Gasteiger partial charge in [0.1, 0.15) is 11.3 Å². The second-order valence-corrected chi connectivity index (χ2v) is 8.31. The van der Waals surface area contributed by atoms with Crippen molar-refractivity contribution in [1.29, 1.82) is 0 Å². The summed E-state index contributed by atoms with van der Waals surface area (Å²) in [6.07, 6.45) is 1.80. The molecule has 7 nitrogen and oxygen atoms in total. The third-order valence-electron chi connectivity index (χ3n) is 5.96. The summed E-state index contributed by atoms with van der Waals surface area (Å²) in [5.74, 6) is -0.320. The molecule has 0 aliphatic heterocycles. The topological polar surface area (TPSA) is 86.0 Å². The molecule has 0 saturated heterocycles. The smallest absolute Gasteiger partial charge is 0.332 e. The Balaban J connectivity index is 1.70. The molecule has 150 valence electrons. The first-order chi connectivity index (χ1) is 13.7. The number of aromatic nitrogens is 3. The lowest BCUT2D eigenvalue weighted by Crippen LogP contribution is -2.38. The van der Waals surface area contributed by atoms with Crippen LogP contribution in [0.3, 0.4) is 0 Å². The van der Waals surface area contributed by atoms with Crippen LogP contribution in [0, 0.1) is 0 Å². The van der Waals surface area contributed by atoms with E-state index in [1.807, 2.05) is 12.1 Å². The van der Waals surface area contributed by atoms with E-state index in [9.17, 15) is 14.4 Å². The van der Waals surface area contributed by atoms with Crippen LogP contribution in [0.25, 0.3) is 11.0 Å². The van der Waals surface area contributed by atoms with Gasteiger partial charge in [-0.2, -0.15) is 0 Å². The molecule has 0 bridgehead atoms. The largest absolute Gasteiger partial charge is 0.344 e. The standard InChI is InChI=1S/C22H24N4O3/c1-22(2)12-11-16(13-7-5-6-8-15(13)22)24-19(27)17-10-9-14-18(23-17)25(3)21(29)26(4)20(14)28/h5-10,16H,11-12H2,1-4H3,(H,24,27). The first kappa shape index (κ1) is 19.1. The Morgan fingerprint density at radius 1 is 1.10 bits per heavy atom. The summed E-state index contributed by atoms with van der Waals surface area (Å²) in [5.41, 5.74) is 1.92. The minimum atomic E-state index is -0.476. The Kier molecular flexibility index (Phi) is 4.41. The summed E-state index contributed by atoms with van der Waals surface area (Å²) in [7, 11) is 2.96. The first-order valence-corrected chi connectivity index (χ1v) is 9.68. The number of carbonyl (C=O) groups excluding carboxylic acids is 1. The van der Waals surface area contributed by atoms with Crippen LogP contribution >= 0.6 is 0 Å². The van der Waals surface area contributed by atoms with Gasteiger partial charge in [-0.25, -0.2) is 9.78 Å². The minimum absolute atomic E-state index is 0.0668. The number of hydrogen-bond donors (Lipinski definition) is 1. The van der Waals surface area contributed by atoms with Crippen molar-refractivity contribution < 1.29 is 4.79 Å². The molecular weight excluding hydrogens is 368 g/mol. The monoisotopic (exact) mass is 392 g/mol. The molecule has 0 spiro atoms. The zero-order valence-electron chi connectivity index (χ0n) is 17.0. The molecule has 0 radical (unpaired) electrons. The van der Waals surface area contributed by atoms with Gasteiger partial charge in [0.05, 0.1) is 11.4 Å².